The molecule has 0 aromatic heterocycles. The Hall–Kier alpha value is -1.51. The molecule has 3 heteroatoms. The number of ether oxygens (including phenoxy) is 1. The van der Waals surface area contributed by atoms with E-state index in [1.807, 2.05) is 30.3 Å². The number of carbonyl (C=O) groups is 1. The van der Waals surface area contributed by atoms with Crippen LogP contribution in [0, 0.1) is 0 Å². The van der Waals surface area contributed by atoms with Crippen LogP contribution in [-0.4, -0.2) is 31.0 Å². The minimum absolute atomic E-state index is 0.0335. The zero-order valence-electron chi connectivity index (χ0n) is 8.73. The highest BCUT2D eigenvalue weighted by molar-refractivity contribution is 5.80. The third-order valence-electron chi connectivity index (χ3n) is 1.84. The van der Waals surface area contributed by atoms with Gasteiger partial charge < -0.3 is 9.64 Å². The molecule has 0 spiro atoms. The molecule has 1 atom stereocenters. The van der Waals surface area contributed by atoms with Gasteiger partial charge >= 0.3 is 0 Å². The van der Waals surface area contributed by atoms with Gasteiger partial charge in [0.1, 0.15) is 5.75 Å². The van der Waals surface area contributed by atoms with E-state index in [0.717, 1.165) is 5.75 Å². The third-order valence-corrected chi connectivity index (χ3v) is 1.84. The molecule has 76 valence electrons. The number of hydrogen-bond acceptors (Lipinski definition) is 2. The molecule has 14 heavy (non-hydrogen) atoms. The van der Waals surface area contributed by atoms with Gasteiger partial charge in [-0.25, -0.2) is 0 Å². The lowest BCUT2D eigenvalue weighted by atomic mass is 10.3. The number of rotatable bonds is 3. The standard InChI is InChI=1S/C11H15NO2/c1-9(11(13)12(2)3)14-10-7-5-4-6-8-10/h4-9H,1-3H3/t9-/m0/s1. The summed E-state index contributed by atoms with van der Waals surface area (Å²) < 4.78 is 5.45. The largest absolute Gasteiger partial charge is 0.481 e. The van der Waals surface area contributed by atoms with Crippen LogP contribution in [0.2, 0.25) is 0 Å². The van der Waals surface area contributed by atoms with Gasteiger partial charge in [0.2, 0.25) is 0 Å². The van der Waals surface area contributed by atoms with E-state index in [9.17, 15) is 4.79 Å². The monoisotopic (exact) mass is 193 g/mol. The molecule has 0 saturated carbocycles. The SMILES string of the molecule is C[C@H](Oc1ccccc1)C(=O)N(C)C. The first kappa shape index (κ1) is 10.6. The number of hydrogen-bond donors (Lipinski definition) is 0. The average Bonchev–Trinajstić information content (AvgIpc) is 2.18. The summed E-state index contributed by atoms with van der Waals surface area (Å²) >= 11 is 0. The lowest BCUT2D eigenvalue weighted by Gasteiger charge is -2.18. The Morgan fingerprint density at radius 1 is 1.29 bits per heavy atom. The van der Waals surface area contributed by atoms with E-state index in [4.69, 9.17) is 4.74 Å². The van der Waals surface area contributed by atoms with Gasteiger partial charge in [0.25, 0.3) is 5.91 Å². The van der Waals surface area contributed by atoms with Crippen molar-refractivity contribution in [3.8, 4) is 5.75 Å². The number of nitrogens with zero attached hydrogens (tertiary/aromatic N) is 1. The van der Waals surface area contributed by atoms with Crippen LogP contribution < -0.4 is 4.74 Å². The first-order valence-electron chi connectivity index (χ1n) is 4.54. The van der Waals surface area contributed by atoms with E-state index in [1.54, 1.807) is 21.0 Å². The predicted molar refractivity (Wildman–Crippen MR) is 55.2 cm³/mol. The van der Waals surface area contributed by atoms with Crippen LogP contribution in [0.15, 0.2) is 30.3 Å². The highest BCUT2D eigenvalue weighted by atomic mass is 16.5. The number of benzene rings is 1. The van der Waals surface area contributed by atoms with Crippen molar-refractivity contribution in [2.24, 2.45) is 0 Å². The fraction of sp³-hybridized carbons (Fsp3) is 0.364. The summed E-state index contributed by atoms with van der Waals surface area (Å²) in [5.41, 5.74) is 0. The van der Waals surface area contributed by atoms with Crippen LogP contribution in [0.4, 0.5) is 0 Å². The van der Waals surface area contributed by atoms with Gasteiger partial charge in [-0.05, 0) is 19.1 Å². The van der Waals surface area contributed by atoms with Crippen molar-refractivity contribution in [2.75, 3.05) is 14.1 Å². The third kappa shape index (κ3) is 2.76. The lowest BCUT2D eigenvalue weighted by molar-refractivity contribution is -0.135. The van der Waals surface area contributed by atoms with Crippen molar-refractivity contribution in [3.05, 3.63) is 30.3 Å². The molecule has 1 amide bonds. The normalized spacial score (nSPS) is 11.9. The smallest absolute Gasteiger partial charge is 0.262 e. The number of likely N-dealkylation sites (N-methyl/N-ethyl adjacent to an activating group) is 1. The number of amides is 1. The molecule has 0 bridgehead atoms. The Morgan fingerprint density at radius 2 is 1.86 bits per heavy atom. The van der Waals surface area contributed by atoms with Gasteiger partial charge in [-0.15, -0.1) is 0 Å². The second-order valence-corrected chi connectivity index (χ2v) is 3.31. The molecule has 0 heterocycles. The van der Waals surface area contributed by atoms with E-state index < -0.39 is 6.10 Å². The Labute approximate surface area is 84.3 Å². The average molecular weight is 193 g/mol. The maximum atomic E-state index is 11.4. The van der Waals surface area contributed by atoms with E-state index >= 15 is 0 Å². The number of carbonyl (C=O) groups excluding carboxylic acids is 1. The second-order valence-electron chi connectivity index (χ2n) is 3.31. The molecule has 0 radical (unpaired) electrons. The van der Waals surface area contributed by atoms with E-state index in [0.29, 0.717) is 0 Å². The van der Waals surface area contributed by atoms with Gasteiger partial charge in [-0.1, -0.05) is 18.2 Å². The van der Waals surface area contributed by atoms with Crippen molar-refractivity contribution in [3.63, 3.8) is 0 Å². The van der Waals surface area contributed by atoms with Crippen LogP contribution in [0.1, 0.15) is 6.92 Å². The molecule has 1 rings (SSSR count). The Bertz CT molecular complexity index is 295. The van der Waals surface area contributed by atoms with Crippen LogP contribution in [0.25, 0.3) is 0 Å². The Morgan fingerprint density at radius 3 is 2.36 bits per heavy atom. The minimum Gasteiger partial charge on any atom is -0.481 e. The topological polar surface area (TPSA) is 29.5 Å². The molecule has 3 nitrogen and oxygen atoms in total. The van der Waals surface area contributed by atoms with E-state index in [-0.39, 0.29) is 5.91 Å². The fourth-order valence-corrected chi connectivity index (χ4v) is 1.12. The summed E-state index contributed by atoms with van der Waals surface area (Å²) in [4.78, 5) is 13.0. The van der Waals surface area contributed by atoms with Crippen molar-refractivity contribution >= 4 is 5.91 Å². The molecule has 0 N–H and O–H groups in total. The zero-order chi connectivity index (χ0) is 10.6. The molecule has 0 saturated heterocycles. The zero-order valence-corrected chi connectivity index (χ0v) is 8.73. The Balaban J connectivity index is 2.57. The lowest BCUT2D eigenvalue weighted by Crippen LogP contribution is -2.35. The van der Waals surface area contributed by atoms with Crippen LogP contribution in [0.5, 0.6) is 5.75 Å². The predicted octanol–water partition coefficient (Wildman–Crippen LogP) is 1.54. The maximum Gasteiger partial charge on any atom is 0.262 e. The molecular weight excluding hydrogens is 178 g/mol. The van der Waals surface area contributed by atoms with Gasteiger partial charge in [0.05, 0.1) is 0 Å². The highest BCUT2D eigenvalue weighted by Crippen LogP contribution is 2.11. The van der Waals surface area contributed by atoms with Gasteiger partial charge in [0, 0.05) is 14.1 Å². The van der Waals surface area contributed by atoms with Crippen LogP contribution >= 0.6 is 0 Å². The molecule has 1 aromatic carbocycles. The van der Waals surface area contributed by atoms with Gasteiger partial charge in [-0.3, -0.25) is 4.79 Å². The molecule has 0 aliphatic carbocycles. The summed E-state index contributed by atoms with van der Waals surface area (Å²) in [6.07, 6.45) is -0.438. The van der Waals surface area contributed by atoms with E-state index in [1.165, 1.54) is 4.90 Å². The van der Waals surface area contributed by atoms with Crippen LogP contribution in [0.3, 0.4) is 0 Å². The Kier molecular flexibility index (Phi) is 3.51. The summed E-state index contributed by atoms with van der Waals surface area (Å²) in [7, 11) is 3.43. The van der Waals surface area contributed by atoms with Gasteiger partial charge in [-0.2, -0.15) is 0 Å². The van der Waals surface area contributed by atoms with Crippen molar-refractivity contribution < 1.29 is 9.53 Å². The molecular formula is C11H15NO2. The van der Waals surface area contributed by atoms with Crippen molar-refractivity contribution in [2.45, 2.75) is 13.0 Å². The summed E-state index contributed by atoms with van der Waals surface area (Å²) in [6.45, 7) is 1.75. The number of para-hydroxylation sites is 1. The van der Waals surface area contributed by atoms with E-state index in [2.05, 4.69) is 0 Å². The molecule has 1 aromatic rings. The molecule has 0 fully saturated rings. The first-order valence-corrected chi connectivity index (χ1v) is 4.54. The molecule has 0 unspecified atom stereocenters. The highest BCUT2D eigenvalue weighted by Gasteiger charge is 2.15. The van der Waals surface area contributed by atoms with Crippen molar-refractivity contribution in [1.29, 1.82) is 0 Å². The summed E-state index contributed by atoms with van der Waals surface area (Å²) in [5.74, 6) is 0.684. The minimum atomic E-state index is -0.438. The second kappa shape index (κ2) is 4.65. The maximum absolute atomic E-state index is 11.4. The quantitative estimate of drug-likeness (QED) is 0.728. The summed E-state index contributed by atoms with van der Waals surface area (Å²) in [6, 6.07) is 9.33. The molecule has 0 aliphatic heterocycles. The van der Waals surface area contributed by atoms with Crippen LogP contribution in [-0.2, 0) is 4.79 Å². The van der Waals surface area contributed by atoms with Gasteiger partial charge in [0.15, 0.2) is 6.10 Å². The first-order chi connectivity index (χ1) is 6.61. The molecule has 0 aliphatic rings. The fourth-order valence-electron chi connectivity index (χ4n) is 1.12. The summed E-state index contributed by atoms with van der Waals surface area (Å²) in [5, 5.41) is 0. The van der Waals surface area contributed by atoms with Crippen molar-refractivity contribution in [1.82, 2.24) is 4.90 Å².